The Bertz CT molecular complexity index is 1010. The second-order valence-electron chi connectivity index (χ2n) is 8.22. The number of fused-ring (bicyclic) bond motifs is 4. The van der Waals surface area contributed by atoms with Gasteiger partial charge in [0.25, 0.3) is 0 Å². The number of nitrogens with zero attached hydrogens (tertiary/aromatic N) is 3. The van der Waals surface area contributed by atoms with E-state index in [0.29, 0.717) is 25.9 Å². The topological polar surface area (TPSA) is 65.4 Å². The minimum absolute atomic E-state index is 0.0683. The fourth-order valence-electron chi connectivity index (χ4n) is 4.77. The summed E-state index contributed by atoms with van der Waals surface area (Å²) >= 11 is 0. The van der Waals surface area contributed by atoms with E-state index in [4.69, 9.17) is 9.84 Å². The van der Waals surface area contributed by atoms with Gasteiger partial charge in [0.15, 0.2) is 0 Å². The van der Waals surface area contributed by atoms with E-state index in [0.717, 1.165) is 34.6 Å². The molecule has 6 nitrogen and oxygen atoms in total. The third-order valence-corrected chi connectivity index (χ3v) is 6.36. The number of hydrazone groups is 1. The third-order valence-electron chi connectivity index (χ3n) is 6.36. The van der Waals surface area contributed by atoms with Crippen LogP contribution in [0.5, 0.6) is 11.5 Å². The van der Waals surface area contributed by atoms with Crippen LogP contribution in [-0.2, 0) is 4.79 Å². The zero-order valence-electron chi connectivity index (χ0n) is 16.8. The summed E-state index contributed by atoms with van der Waals surface area (Å²) in [6, 6.07) is 13.8. The Kier molecular flexibility index (Phi) is 4.05. The molecule has 1 atom stereocenters. The van der Waals surface area contributed by atoms with E-state index in [1.165, 1.54) is 0 Å². The first-order valence-corrected chi connectivity index (χ1v) is 10.2. The quantitative estimate of drug-likeness (QED) is 0.807. The molecular weight excluding hydrogens is 366 g/mol. The number of phenolic OH excluding ortho intramolecular Hbond substituents is 1. The standard InChI is InChI=1S/C23H25N3O3/c1-15-7-8-21(28)18(13-15)19-14-20-17-5-3-4-6-22(17)29-23(26(20)24-19)9-11-25(12-10-23)16(2)27/h3-8,13,20,28H,9-12,14H2,1-2H3/t20-/m1/s1. The fraction of sp³-hybridized carbons (Fsp3) is 0.391. The molecule has 0 saturated carbocycles. The maximum absolute atomic E-state index is 11.8. The van der Waals surface area contributed by atoms with Gasteiger partial charge in [0.05, 0.1) is 11.8 Å². The summed E-state index contributed by atoms with van der Waals surface area (Å²) in [7, 11) is 0. The van der Waals surface area contributed by atoms with Gasteiger partial charge in [-0.25, -0.2) is 5.01 Å². The summed E-state index contributed by atoms with van der Waals surface area (Å²) in [6.45, 7) is 4.94. The maximum Gasteiger partial charge on any atom is 0.219 e. The predicted molar refractivity (Wildman–Crippen MR) is 110 cm³/mol. The molecule has 5 rings (SSSR count). The van der Waals surface area contributed by atoms with Gasteiger partial charge in [0.2, 0.25) is 11.6 Å². The van der Waals surface area contributed by atoms with Crippen LogP contribution in [0.4, 0.5) is 0 Å². The molecule has 1 spiro atoms. The molecule has 3 heterocycles. The van der Waals surface area contributed by atoms with E-state index < -0.39 is 5.72 Å². The van der Waals surface area contributed by atoms with E-state index in [1.54, 1.807) is 13.0 Å². The van der Waals surface area contributed by atoms with Crippen LogP contribution in [0.1, 0.15) is 48.9 Å². The number of piperidine rings is 1. The van der Waals surface area contributed by atoms with E-state index >= 15 is 0 Å². The number of ether oxygens (including phenoxy) is 1. The first kappa shape index (κ1) is 18.0. The number of likely N-dealkylation sites (tertiary alicyclic amines) is 1. The highest BCUT2D eigenvalue weighted by Gasteiger charge is 2.52. The molecule has 0 unspecified atom stereocenters. The minimum atomic E-state index is -0.563. The SMILES string of the molecule is CC(=O)N1CCC2(CC1)Oc1ccccc1[C@H]1CC(c3cc(C)ccc3O)=NN12. The zero-order chi connectivity index (χ0) is 20.2. The fourth-order valence-corrected chi connectivity index (χ4v) is 4.77. The number of hydrogen-bond acceptors (Lipinski definition) is 5. The van der Waals surface area contributed by atoms with Gasteiger partial charge in [-0.2, -0.15) is 5.10 Å². The monoisotopic (exact) mass is 391 g/mol. The van der Waals surface area contributed by atoms with E-state index in [-0.39, 0.29) is 17.7 Å². The van der Waals surface area contributed by atoms with Crippen LogP contribution in [0.15, 0.2) is 47.6 Å². The summed E-state index contributed by atoms with van der Waals surface area (Å²) in [4.78, 5) is 13.7. The van der Waals surface area contributed by atoms with Crippen LogP contribution < -0.4 is 4.74 Å². The molecule has 3 aliphatic rings. The lowest BCUT2D eigenvalue weighted by atomic mass is 9.90. The van der Waals surface area contributed by atoms with Gasteiger partial charge in [-0.3, -0.25) is 4.79 Å². The Balaban J connectivity index is 1.56. The van der Waals surface area contributed by atoms with Crippen molar-refractivity contribution in [3.8, 4) is 11.5 Å². The smallest absolute Gasteiger partial charge is 0.219 e. The summed E-state index contributed by atoms with van der Waals surface area (Å²) in [5, 5.41) is 17.5. The Hall–Kier alpha value is -3.02. The molecular formula is C23H25N3O3. The molecule has 0 aromatic heterocycles. The van der Waals surface area contributed by atoms with Gasteiger partial charge >= 0.3 is 0 Å². The summed E-state index contributed by atoms with van der Waals surface area (Å²) in [5.74, 6) is 1.25. The van der Waals surface area contributed by atoms with Crippen molar-refractivity contribution in [2.24, 2.45) is 5.10 Å². The van der Waals surface area contributed by atoms with E-state index in [9.17, 15) is 9.90 Å². The average Bonchev–Trinajstić information content (AvgIpc) is 3.17. The largest absolute Gasteiger partial charge is 0.507 e. The van der Waals surface area contributed by atoms with Crippen molar-refractivity contribution in [3.63, 3.8) is 0 Å². The highest BCUT2D eigenvalue weighted by atomic mass is 16.5. The molecule has 6 heteroatoms. The van der Waals surface area contributed by atoms with Crippen molar-refractivity contribution in [3.05, 3.63) is 59.2 Å². The van der Waals surface area contributed by atoms with Gasteiger partial charge in [0.1, 0.15) is 11.5 Å². The lowest BCUT2D eigenvalue weighted by molar-refractivity contribution is -0.158. The van der Waals surface area contributed by atoms with E-state index in [1.807, 2.05) is 42.2 Å². The molecule has 1 N–H and O–H groups in total. The lowest BCUT2D eigenvalue weighted by Crippen LogP contribution is -2.59. The summed E-state index contributed by atoms with van der Waals surface area (Å²) in [5.41, 5.74) is 3.31. The van der Waals surface area contributed by atoms with Gasteiger partial charge in [-0.1, -0.05) is 29.8 Å². The number of benzene rings is 2. The van der Waals surface area contributed by atoms with Gasteiger partial charge in [-0.15, -0.1) is 0 Å². The van der Waals surface area contributed by atoms with Crippen molar-refractivity contribution in [1.82, 2.24) is 9.91 Å². The van der Waals surface area contributed by atoms with Crippen LogP contribution in [0, 0.1) is 6.92 Å². The number of hydrogen-bond donors (Lipinski definition) is 1. The average molecular weight is 391 g/mol. The van der Waals surface area contributed by atoms with Crippen LogP contribution in [0.2, 0.25) is 0 Å². The van der Waals surface area contributed by atoms with Crippen LogP contribution in [-0.4, -0.2) is 45.4 Å². The number of para-hydroxylation sites is 1. The Morgan fingerprint density at radius 2 is 1.97 bits per heavy atom. The number of carbonyl (C=O) groups excluding carboxylic acids is 1. The summed E-state index contributed by atoms with van der Waals surface area (Å²) < 4.78 is 6.56. The number of rotatable bonds is 1. The molecule has 150 valence electrons. The molecule has 2 aromatic rings. The maximum atomic E-state index is 11.8. The van der Waals surface area contributed by atoms with Crippen molar-refractivity contribution >= 4 is 11.6 Å². The van der Waals surface area contributed by atoms with Crippen LogP contribution >= 0.6 is 0 Å². The summed E-state index contributed by atoms with van der Waals surface area (Å²) in [6.07, 6.45) is 2.12. The number of aromatic hydroxyl groups is 1. The molecule has 1 fully saturated rings. The van der Waals surface area contributed by atoms with Crippen molar-refractivity contribution in [2.45, 2.75) is 44.9 Å². The van der Waals surface area contributed by atoms with Gasteiger partial charge in [-0.05, 0) is 25.1 Å². The van der Waals surface area contributed by atoms with Crippen LogP contribution in [0.3, 0.4) is 0 Å². The third kappa shape index (κ3) is 2.85. The second kappa shape index (κ2) is 6.51. The van der Waals surface area contributed by atoms with Crippen molar-refractivity contribution < 1.29 is 14.6 Å². The van der Waals surface area contributed by atoms with Gasteiger partial charge in [0, 0.05) is 50.4 Å². The molecule has 29 heavy (non-hydrogen) atoms. The molecule has 0 bridgehead atoms. The molecule has 0 aliphatic carbocycles. The molecule has 1 saturated heterocycles. The van der Waals surface area contributed by atoms with E-state index in [2.05, 4.69) is 11.1 Å². The Morgan fingerprint density at radius 3 is 2.72 bits per heavy atom. The minimum Gasteiger partial charge on any atom is -0.507 e. The molecule has 1 amide bonds. The van der Waals surface area contributed by atoms with Crippen LogP contribution in [0.25, 0.3) is 0 Å². The normalized spacial score (nSPS) is 22.0. The Labute approximate surface area is 170 Å². The number of amides is 1. The lowest BCUT2D eigenvalue weighted by Gasteiger charge is -2.51. The Morgan fingerprint density at radius 1 is 1.21 bits per heavy atom. The molecule has 0 radical (unpaired) electrons. The number of phenols is 1. The number of aryl methyl sites for hydroxylation is 1. The first-order valence-electron chi connectivity index (χ1n) is 10.2. The van der Waals surface area contributed by atoms with Crippen molar-refractivity contribution in [1.29, 1.82) is 0 Å². The van der Waals surface area contributed by atoms with Gasteiger partial charge < -0.3 is 14.7 Å². The molecule has 2 aromatic carbocycles. The predicted octanol–water partition coefficient (Wildman–Crippen LogP) is 3.58. The van der Waals surface area contributed by atoms with Crippen molar-refractivity contribution in [2.75, 3.05) is 13.1 Å². The first-order chi connectivity index (χ1) is 14.0. The molecule has 3 aliphatic heterocycles. The highest BCUT2D eigenvalue weighted by Crippen LogP contribution is 2.50. The zero-order valence-corrected chi connectivity index (χ0v) is 16.8. The number of carbonyl (C=O) groups is 1. The second-order valence-corrected chi connectivity index (χ2v) is 8.22. The highest BCUT2D eigenvalue weighted by molar-refractivity contribution is 6.04.